The van der Waals surface area contributed by atoms with Crippen LogP contribution in [0.5, 0.6) is 0 Å². The van der Waals surface area contributed by atoms with Crippen LogP contribution in [-0.4, -0.2) is 47.9 Å². The maximum Gasteiger partial charge on any atom is 0.257 e. The van der Waals surface area contributed by atoms with E-state index in [9.17, 15) is 14.0 Å². The second-order valence-corrected chi connectivity index (χ2v) is 6.45. The van der Waals surface area contributed by atoms with Gasteiger partial charge >= 0.3 is 0 Å². The maximum atomic E-state index is 14.0. The van der Waals surface area contributed by atoms with Crippen molar-refractivity contribution in [1.82, 2.24) is 15.2 Å². The molecule has 2 aromatic rings. The number of amides is 2. The molecular weight excluding hydrogens is 347 g/mol. The first kappa shape index (κ1) is 18.8. The Bertz CT molecular complexity index is 812. The number of halogens is 1. The first-order chi connectivity index (χ1) is 13.1. The van der Waals surface area contributed by atoms with Gasteiger partial charge in [0.05, 0.1) is 12.1 Å². The lowest BCUT2D eigenvalue weighted by Crippen LogP contribution is -2.42. The zero-order chi connectivity index (χ0) is 19.1. The van der Waals surface area contributed by atoms with Crippen LogP contribution in [-0.2, 0) is 11.2 Å². The molecule has 6 nitrogen and oxygen atoms in total. The standard InChI is InChI=1S/C20H23FN4O2/c21-17-9-2-1-8-16(17)20(27)25-13-4-7-15-6-3-10-18(24-15)22-11-5-12-23-19(26)14-25/h1-3,6,8-10H,4-5,7,11-14H2,(H,22,24)(H,23,26). The van der Waals surface area contributed by atoms with Crippen LogP contribution >= 0.6 is 0 Å². The van der Waals surface area contributed by atoms with E-state index in [-0.39, 0.29) is 18.0 Å². The highest BCUT2D eigenvalue weighted by Crippen LogP contribution is 2.12. The number of aromatic nitrogens is 1. The van der Waals surface area contributed by atoms with E-state index in [2.05, 4.69) is 15.6 Å². The molecule has 2 heterocycles. The second kappa shape index (κ2) is 9.12. The van der Waals surface area contributed by atoms with Gasteiger partial charge in [0, 0.05) is 25.3 Å². The predicted octanol–water partition coefficient (Wildman–Crippen LogP) is 2.23. The summed E-state index contributed by atoms with van der Waals surface area (Å²) in [6, 6.07) is 11.6. The lowest BCUT2D eigenvalue weighted by molar-refractivity contribution is -0.121. The predicted molar refractivity (Wildman–Crippen MR) is 101 cm³/mol. The van der Waals surface area contributed by atoms with Crippen molar-refractivity contribution in [3.63, 3.8) is 0 Å². The van der Waals surface area contributed by atoms with Gasteiger partial charge in [0.15, 0.2) is 0 Å². The van der Waals surface area contributed by atoms with Crippen molar-refractivity contribution in [3.8, 4) is 0 Å². The van der Waals surface area contributed by atoms with Crippen LogP contribution < -0.4 is 10.6 Å². The molecule has 27 heavy (non-hydrogen) atoms. The monoisotopic (exact) mass is 370 g/mol. The fourth-order valence-corrected chi connectivity index (χ4v) is 2.99. The van der Waals surface area contributed by atoms with Crippen LogP contribution in [0.4, 0.5) is 10.2 Å². The Morgan fingerprint density at radius 1 is 1.04 bits per heavy atom. The first-order valence-corrected chi connectivity index (χ1v) is 9.14. The highest BCUT2D eigenvalue weighted by atomic mass is 19.1. The number of fused-ring (bicyclic) bond motifs is 2. The number of pyridine rings is 1. The molecule has 0 saturated carbocycles. The van der Waals surface area contributed by atoms with Crippen LogP contribution in [0.15, 0.2) is 42.5 Å². The van der Waals surface area contributed by atoms with Crippen LogP contribution in [0.2, 0.25) is 0 Å². The van der Waals surface area contributed by atoms with Gasteiger partial charge in [-0.05, 0) is 43.5 Å². The Morgan fingerprint density at radius 2 is 1.85 bits per heavy atom. The molecule has 0 spiro atoms. The smallest absolute Gasteiger partial charge is 0.257 e. The Balaban J connectivity index is 1.77. The summed E-state index contributed by atoms with van der Waals surface area (Å²) < 4.78 is 14.0. The molecule has 7 heteroatoms. The number of anilines is 1. The normalized spacial score (nSPS) is 16.0. The van der Waals surface area contributed by atoms with Gasteiger partial charge in [0.25, 0.3) is 5.91 Å². The topological polar surface area (TPSA) is 74.3 Å². The number of hydrogen-bond donors (Lipinski definition) is 2. The molecule has 0 radical (unpaired) electrons. The molecule has 2 N–H and O–H groups in total. The van der Waals surface area contributed by atoms with Gasteiger partial charge in [0.1, 0.15) is 11.6 Å². The Kier molecular flexibility index (Phi) is 6.35. The molecule has 0 unspecified atom stereocenters. The summed E-state index contributed by atoms with van der Waals surface area (Å²) in [6.45, 7) is 1.44. The highest BCUT2D eigenvalue weighted by Gasteiger charge is 2.21. The van der Waals surface area contributed by atoms with E-state index in [1.54, 1.807) is 6.07 Å². The summed E-state index contributed by atoms with van der Waals surface area (Å²) in [7, 11) is 0. The van der Waals surface area contributed by atoms with Gasteiger partial charge in [-0.3, -0.25) is 9.59 Å². The number of nitrogens with zero attached hydrogens (tertiary/aromatic N) is 2. The summed E-state index contributed by atoms with van der Waals surface area (Å²) in [5.41, 5.74) is 0.899. The van der Waals surface area contributed by atoms with Crippen molar-refractivity contribution in [2.45, 2.75) is 19.3 Å². The van der Waals surface area contributed by atoms with Crippen molar-refractivity contribution >= 4 is 17.6 Å². The van der Waals surface area contributed by atoms with Gasteiger partial charge in [-0.2, -0.15) is 0 Å². The summed E-state index contributed by atoms with van der Waals surface area (Å²) in [5.74, 6) is -0.495. The van der Waals surface area contributed by atoms with Crippen LogP contribution in [0, 0.1) is 5.82 Å². The largest absolute Gasteiger partial charge is 0.370 e. The molecule has 0 atom stereocenters. The van der Waals surface area contributed by atoms with Gasteiger partial charge in [0.2, 0.25) is 5.91 Å². The summed E-state index contributed by atoms with van der Waals surface area (Å²) in [4.78, 5) is 30.9. The molecule has 0 fully saturated rings. The summed E-state index contributed by atoms with van der Waals surface area (Å²) in [5, 5.41) is 6.05. The minimum Gasteiger partial charge on any atom is -0.370 e. The molecule has 1 aliphatic rings. The molecule has 1 aliphatic heterocycles. The molecule has 2 amide bonds. The van der Waals surface area contributed by atoms with Crippen molar-refractivity contribution in [2.24, 2.45) is 0 Å². The Hall–Kier alpha value is -2.96. The Labute approximate surface area is 157 Å². The average Bonchev–Trinajstić information content (AvgIpc) is 2.66. The third kappa shape index (κ3) is 5.26. The number of carbonyl (C=O) groups excluding carboxylic acids is 2. The van der Waals surface area contributed by atoms with E-state index in [0.29, 0.717) is 32.5 Å². The number of hydrogen-bond acceptors (Lipinski definition) is 4. The number of benzene rings is 1. The third-order valence-corrected chi connectivity index (χ3v) is 4.38. The van der Waals surface area contributed by atoms with Crippen molar-refractivity contribution < 1.29 is 14.0 Å². The van der Waals surface area contributed by atoms with E-state index in [4.69, 9.17) is 0 Å². The molecule has 3 rings (SSSR count). The zero-order valence-corrected chi connectivity index (χ0v) is 15.1. The molecule has 142 valence electrons. The van der Waals surface area contributed by atoms with Gasteiger partial charge in [-0.15, -0.1) is 0 Å². The summed E-state index contributed by atoms with van der Waals surface area (Å²) in [6.07, 6.45) is 2.03. The number of carbonyl (C=O) groups is 2. The molecule has 2 bridgehead atoms. The minimum absolute atomic E-state index is 0.0178. The van der Waals surface area contributed by atoms with Crippen molar-refractivity contribution in [3.05, 3.63) is 59.5 Å². The van der Waals surface area contributed by atoms with Crippen LogP contribution in [0.25, 0.3) is 0 Å². The minimum atomic E-state index is -0.581. The van der Waals surface area contributed by atoms with Crippen molar-refractivity contribution in [1.29, 1.82) is 0 Å². The zero-order valence-electron chi connectivity index (χ0n) is 15.1. The van der Waals surface area contributed by atoms with Crippen molar-refractivity contribution in [2.75, 3.05) is 31.5 Å². The van der Waals surface area contributed by atoms with Gasteiger partial charge < -0.3 is 15.5 Å². The fourth-order valence-electron chi connectivity index (χ4n) is 2.99. The first-order valence-electron chi connectivity index (χ1n) is 9.14. The van der Waals surface area contributed by atoms with E-state index >= 15 is 0 Å². The van der Waals surface area contributed by atoms with Crippen LogP contribution in [0.3, 0.4) is 0 Å². The average molecular weight is 370 g/mol. The SMILES string of the molecule is O=C1CN(C(=O)c2ccccc2F)CCCc2cccc(n2)NCCCN1. The van der Waals surface area contributed by atoms with E-state index < -0.39 is 11.7 Å². The second-order valence-electron chi connectivity index (χ2n) is 6.45. The van der Waals surface area contributed by atoms with Gasteiger partial charge in [-0.25, -0.2) is 9.37 Å². The number of aryl methyl sites for hydroxylation is 1. The molecule has 1 aromatic heterocycles. The lowest BCUT2D eigenvalue weighted by atomic mass is 10.1. The number of rotatable bonds is 1. The third-order valence-electron chi connectivity index (χ3n) is 4.38. The fraction of sp³-hybridized carbons (Fsp3) is 0.350. The molecule has 1 aromatic carbocycles. The molecule has 0 saturated heterocycles. The molecular formula is C20H23FN4O2. The maximum absolute atomic E-state index is 14.0. The summed E-state index contributed by atoms with van der Waals surface area (Å²) >= 11 is 0. The van der Waals surface area contributed by atoms with E-state index in [0.717, 1.165) is 17.9 Å². The number of nitrogens with one attached hydrogen (secondary N) is 2. The van der Waals surface area contributed by atoms with Gasteiger partial charge in [-0.1, -0.05) is 18.2 Å². The van der Waals surface area contributed by atoms with Crippen LogP contribution in [0.1, 0.15) is 28.9 Å². The lowest BCUT2D eigenvalue weighted by Gasteiger charge is -2.23. The van der Waals surface area contributed by atoms with E-state index in [1.165, 1.54) is 23.1 Å². The molecule has 0 aliphatic carbocycles. The van der Waals surface area contributed by atoms with E-state index in [1.807, 2.05) is 18.2 Å². The highest BCUT2D eigenvalue weighted by molar-refractivity contribution is 5.96. The Morgan fingerprint density at radius 3 is 2.70 bits per heavy atom. The quantitative estimate of drug-likeness (QED) is 0.807.